The standard InChI is InChI=1S/C13H17N3/c1-13(5-6-15-10-13)16-9-12-4-2-3-11(7-12)8-14/h2-4,7,15-16H,5-6,9-10H2,1H3. The van der Waals surface area contributed by atoms with Gasteiger partial charge >= 0.3 is 0 Å². The molecule has 3 heteroatoms. The van der Waals surface area contributed by atoms with Crippen molar-refractivity contribution in [1.29, 1.82) is 5.26 Å². The van der Waals surface area contributed by atoms with Crippen LogP contribution >= 0.6 is 0 Å². The molecule has 1 atom stereocenters. The summed E-state index contributed by atoms with van der Waals surface area (Å²) >= 11 is 0. The summed E-state index contributed by atoms with van der Waals surface area (Å²) < 4.78 is 0. The Labute approximate surface area is 96.5 Å². The molecule has 0 bridgehead atoms. The van der Waals surface area contributed by atoms with Crippen molar-refractivity contribution in [3.05, 3.63) is 35.4 Å². The average Bonchev–Trinajstić information content (AvgIpc) is 2.75. The summed E-state index contributed by atoms with van der Waals surface area (Å²) in [6.45, 7) is 5.17. The minimum atomic E-state index is 0.197. The van der Waals surface area contributed by atoms with Gasteiger partial charge in [0.1, 0.15) is 0 Å². The van der Waals surface area contributed by atoms with Crippen LogP contribution in [0.2, 0.25) is 0 Å². The first-order chi connectivity index (χ1) is 7.72. The molecule has 0 amide bonds. The molecule has 1 fully saturated rings. The lowest BCUT2D eigenvalue weighted by molar-refractivity contribution is 0.386. The van der Waals surface area contributed by atoms with Crippen molar-refractivity contribution in [3.63, 3.8) is 0 Å². The number of hydrogen-bond donors (Lipinski definition) is 2. The molecule has 0 radical (unpaired) electrons. The normalized spacial score (nSPS) is 24.2. The maximum atomic E-state index is 8.81. The Morgan fingerprint density at radius 2 is 2.44 bits per heavy atom. The second-order valence-corrected chi connectivity index (χ2v) is 4.65. The van der Waals surface area contributed by atoms with E-state index in [0.717, 1.165) is 31.6 Å². The molecule has 1 aromatic carbocycles. The minimum Gasteiger partial charge on any atom is -0.315 e. The van der Waals surface area contributed by atoms with Gasteiger partial charge in [-0.25, -0.2) is 0 Å². The molecule has 0 spiro atoms. The number of nitriles is 1. The van der Waals surface area contributed by atoms with Crippen molar-refractivity contribution in [2.45, 2.75) is 25.4 Å². The molecule has 1 saturated heterocycles. The molecule has 16 heavy (non-hydrogen) atoms. The van der Waals surface area contributed by atoms with Crippen LogP contribution in [0.5, 0.6) is 0 Å². The third-order valence-electron chi connectivity index (χ3n) is 3.14. The first-order valence-electron chi connectivity index (χ1n) is 5.67. The van der Waals surface area contributed by atoms with Gasteiger partial charge in [0.05, 0.1) is 11.6 Å². The molecule has 2 rings (SSSR count). The van der Waals surface area contributed by atoms with Gasteiger partial charge in [-0.15, -0.1) is 0 Å². The first kappa shape index (κ1) is 11.1. The summed E-state index contributed by atoms with van der Waals surface area (Å²) in [7, 11) is 0. The van der Waals surface area contributed by atoms with Crippen molar-refractivity contribution >= 4 is 0 Å². The highest BCUT2D eigenvalue weighted by Gasteiger charge is 2.27. The van der Waals surface area contributed by atoms with E-state index >= 15 is 0 Å². The predicted octanol–water partition coefficient (Wildman–Crippen LogP) is 1.40. The molecule has 0 aromatic heterocycles. The number of nitrogens with zero attached hydrogens (tertiary/aromatic N) is 1. The highest BCUT2D eigenvalue weighted by molar-refractivity contribution is 5.32. The Morgan fingerprint density at radius 1 is 1.56 bits per heavy atom. The van der Waals surface area contributed by atoms with Gasteiger partial charge in [0.25, 0.3) is 0 Å². The number of benzene rings is 1. The van der Waals surface area contributed by atoms with Gasteiger partial charge in [0.15, 0.2) is 0 Å². The minimum absolute atomic E-state index is 0.197. The van der Waals surface area contributed by atoms with Gasteiger partial charge in [-0.05, 0) is 37.6 Å². The SMILES string of the molecule is CC1(NCc2cccc(C#N)c2)CCNC1. The van der Waals surface area contributed by atoms with Crippen LogP contribution in [0.25, 0.3) is 0 Å². The summed E-state index contributed by atoms with van der Waals surface area (Å²) in [4.78, 5) is 0. The third-order valence-corrected chi connectivity index (χ3v) is 3.14. The quantitative estimate of drug-likeness (QED) is 0.801. The Hall–Kier alpha value is -1.37. The Kier molecular flexibility index (Phi) is 3.23. The van der Waals surface area contributed by atoms with Crippen LogP contribution in [-0.4, -0.2) is 18.6 Å². The lowest BCUT2D eigenvalue weighted by Crippen LogP contribution is -2.43. The highest BCUT2D eigenvalue weighted by atomic mass is 15.1. The number of nitrogens with one attached hydrogen (secondary N) is 2. The molecule has 1 unspecified atom stereocenters. The van der Waals surface area contributed by atoms with Crippen molar-refractivity contribution in [2.24, 2.45) is 0 Å². The molecule has 84 valence electrons. The van der Waals surface area contributed by atoms with E-state index in [9.17, 15) is 0 Å². The summed E-state index contributed by atoms with van der Waals surface area (Å²) in [5, 5.41) is 15.7. The molecular formula is C13H17N3. The zero-order chi connectivity index (χ0) is 11.4. The molecule has 2 N–H and O–H groups in total. The fourth-order valence-electron chi connectivity index (χ4n) is 2.03. The second kappa shape index (κ2) is 4.65. The van der Waals surface area contributed by atoms with Crippen molar-refractivity contribution in [2.75, 3.05) is 13.1 Å². The molecule has 3 nitrogen and oxygen atoms in total. The lowest BCUT2D eigenvalue weighted by Gasteiger charge is -2.24. The van der Waals surface area contributed by atoms with E-state index in [2.05, 4.69) is 29.7 Å². The number of rotatable bonds is 3. The van der Waals surface area contributed by atoms with E-state index < -0.39 is 0 Å². The Balaban J connectivity index is 1.96. The van der Waals surface area contributed by atoms with Crippen LogP contribution in [0.15, 0.2) is 24.3 Å². The van der Waals surface area contributed by atoms with Gasteiger partial charge in [-0.2, -0.15) is 5.26 Å². The van der Waals surface area contributed by atoms with E-state index in [1.165, 1.54) is 5.56 Å². The van der Waals surface area contributed by atoms with Crippen LogP contribution in [-0.2, 0) is 6.54 Å². The Morgan fingerprint density at radius 3 is 3.12 bits per heavy atom. The largest absolute Gasteiger partial charge is 0.315 e. The van der Waals surface area contributed by atoms with Crippen LogP contribution < -0.4 is 10.6 Å². The molecule has 0 aliphatic carbocycles. The van der Waals surface area contributed by atoms with E-state index in [4.69, 9.17) is 5.26 Å². The molecular weight excluding hydrogens is 198 g/mol. The van der Waals surface area contributed by atoms with Gasteiger partial charge in [-0.3, -0.25) is 0 Å². The van der Waals surface area contributed by atoms with Crippen LogP contribution in [0, 0.1) is 11.3 Å². The summed E-state index contributed by atoms with van der Waals surface area (Å²) in [6, 6.07) is 9.93. The predicted molar refractivity (Wildman–Crippen MR) is 63.9 cm³/mol. The smallest absolute Gasteiger partial charge is 0.0991 e. The van der Waals surface area contributed by atoms with Gasteiger partial charge in [-0.1, -0.05) is 12.1 Å². The molecule has 1 aliphatic heterocycles. The number of hydrogen-bond acceptors (Lipinski definition) is 3. The fraction of sp³-hybridized carbons (Fsp3) is 0.462. The van der Waals surface area contributed by atoms with E-state index in [-0.39, 0.29) is 5.54 Å². The van der Waals surface area contributed by atoms with Crippen LogP contribution in [0.1, 0.15) is 24.5 Å². The van der Waals surface area contributed by atoms with Gasteiger partial charge in [0.2, 0.25) is 0 Å². The highest BCUT2D eigenvalue weighted by Crippen LogP contribution is 2.14. The zero-order valence-electron chi connectivity index (χ0n) is 9.59. The summed E-state index contributed by atoms with van der Waals surface area (Å²) in [6.07, 6.45) is 1.16. The third kappa shape index (κ3) is 2.60. The monoisotopic (exact) mass is 215 g/mol. The van der Waals surface area contributed by atoms with Gasteiger partial charge in [0, 0.05) is 18.6 Å². The maximum absolute atomic E-state index is 8.81. The van der Waals surface area contributed by atoms with E-state index in [0.29, 0.717) is 0 Å². The maximum Gasteiger partial charge on any atom is 0.0991 e. The van der Waals surface area contributed by atoms with Crippen LogP contribution in [0.3, 0.4) is 0 Å². The van der Waals surface area contributed by atoms with Crippen molar-refractivity contribution < 1.29 is 0 Å². The molecule has 1 aliphatic rings. The molecule has 0 saturated carbocycles. The van der Waals surface area contributed by atoms with Gasteiger partial charge < -0.3 is 10.6 Å². The first-order valence-corrected chi connectivity index (χ1v) is 5.67. The Bertz CT molecular complexity index is 400. The van der Waals surface area contributed by atoms with Crippen LogP contribution in [0.4, 0.5) is 0 Å². The fourth-order valence-corrected chi connectivity index (χ4v) is 2.03. The van der Waals surface area contributed by atoms with Crippen molar-refractivity contribution in [1.82, 2.24) is 10.6 Å². The lowest BCUT2D eigenvalue weighted by atomic mass is 10.0. The average molecular weight is 215 g/mol. The summed E-state index contributed by atoms with van der Waals surface area (Å²) in [5.41, 5.74) is 2.10. The van der Waals surface area contributed by atoms with E-state index in [1.54, 1.807) is 0 Å². The topological polar surface area (TPSA) is 47.9 Å². The summed E-state index contributed by atoms with van der Waals surface area (Å²) in [5.74, 6) is 0. The molecule has 1 aromatic rings. The van der Waals surface area contributed by atoms with E-state index in [1.807, 2.05) is 18.2 Å². The second-order valence-electron chi connectivity index (χ2n) is 4.65. The van der Waals surface area contributed by atoms with Crippen molar-refractivity contribution in [3.8, 4) is 6.07 Å². The zero-order valence-corrected chi connectivity index (χ0v) is 9.59. The molecule has 1 heterocycles.